The molecule has 0 unspecified atom stereocenters. The van der Waals surface area contributed by atoms with Crippen LogP contribution in [0.2, 0.25) is 5.02 Å². The van der Waals surface area contributed by atoms with E-state index in [4.69, 9.17) is 11.6 Å². The van der Waals surface area contributed by atoms with Gasteiger partial charge in [0.25, 0.3) is 0 Å². The van der Waals surface area contributed by atoms with Crippen molar-refractivity contribution in [2.45, 2.75) is 39.2 Å². The smallest absolute Gasteiger partial charge is 0.238 e. The Kier molecular flexibility index (Phi) is 7.45. The minimum absolute atomic E-state index is 0.0963. The molecule has 0 bridgehead atoms. The van der Waals surface area contributed by atoms with Gasteiger partial charge in [-0.2, -0.15) is 0 Å². The van der Waals surface area contributed by atoms with Gasteiger partial charge in [0.05, 0.1) is 35.3 Å². The van der Waals surface area contributed by atoms with Crippen LogP contribution in [-0.4, -0.2) is 39.8 Å². The summed E-state index contributed by atoms with van der Waals surface area (Å²) in [7, 11) is 0. The van der Waals surface area contributed by atoms with Crippen LogP contribution in [0.5, 0.6) is 5.75 Å². The normalized spacial score (nSPS) is 23.6. The number of phenols is 1. The van der Waals surface area contributed by atoms with E-state index in [1.807, 2.05) is 26.0 Å². The molecule has 2 aromatic carbocycles. The van der Waals surface area contributed by atoms with Gasteiger partial charge in [0.2, 0.25) is 11.8 Å². The monoisotopic (exact) mass is 495 g/mol. The van der Waals surface area contributed by atoms with E-state index in [9.17, 15) is 24.9 Å². The maximum absolute atomic E-state index is 13.4. The molecule has 2 aromatic rings. The molecule has 2 amide bonds. The largest absolute Gasteiger partial charge is 0.508 e. The fourth-order valence-electron chi connectivity index (χ4n) is 5.44. The number of imide groups is 1. The van der Waals surface area contributed by atoms with Crippen LogP contribution < -0.4 is 4.90 Å². The third-order valence-corrected chi connectivity index (χ3v) is 7.42. The molecule has 0 spiro atoms. The number of aliphatic hydroxyl groups excluding tert-OH is 2. The van der Waals surface area contributed by atoms with Crippen LogP contribution >= 0.6 is 11.6 Å². The number of carbonyl (C=O) groups is 2. The fraction of sp³-hybridized carbons (Fsp3) is 0.357. The summed E-state index contributed by atoms with van der Waals surface area (Å²) in [5.74, 6) is -2.30. The van der Waals surface area contributed by atoms with E-state index in [1.54, 1.807) is 36.4 Å². The first-order chi connectivity index (χ1) is 16.7. The van der Waals surface area contributed by atoms with Crippen LogP contribution in [-0.2, 0) is 9.59 Å². The van der Waals surface area contributed by atoms with Gasteiger partial charge in [-0.3, -0.25) is 14.5 Å². The Morgan fingerprint density at radius 3 is 2.54 bits per heavy atom. The van der Waals surface area contributed by atoms with E-state index < -0.39 is 23.9 Å². The molecular formula is C28H30ClNO5. The van der Waals surface area contributed by atoms with E-state index >= 15 is 0 Å². The number of rotatable bonds is 7. The number of hydrogen-bond donors (Lipinski definition) is 3. The Morgan fingerprint density at radius 1 is 1.17 bits per heavy atom. The highest BCUT2D eigenvalue weighted by molar-refractivity contribution is 6.32. The maximum Gasteiger partial charge on any atom is 0.238 e. The lowest BCUT2D eigenvalue weighted by molar-refractivity contribution is -0.123. The first-order valence-electron chi connectivity index (χ1n) is 11.8. The number of allylic oxidation sites excluding steroid dienone is 2. The molecule has 1 aliphatic heterocycles. The zero-order valence-corrected chi connectivity index (χ0v) is 20.6. The van der Waals surface area contributed by atoms with Crippen LogP contribution in [0.25, 0.3) is 6.08 Å². The van der Waals surface area contributed by atoms with Crippen LogP contribution in [0.15, 0.2) is 65.3 Å². The van der Waals surface area contributed by atoms with Gasteiger partial charge in [0.15, 0.2) is 0 Å². The van der Waals surface area contributed by atoms with Gasteiger partial charge in [-0.25, -0.2) is 0 Å². The summed E-state index contributed by atoms with van der Waals surface area (Å²) in [5.41, 5.74) is 3.82. The van der Waals surface area contributed by atoms with Gasteiger partial charge < -0.3 is 15.3 Å². The number of para-hydroxylation sites is 1. The second-order valence-electron chi connectivity index (χ2n) is 9.46. The minimum Gasteiger partial charge on any atom is -0.508 e. The predicted molar refractivity (Wildman–Crippen MR) is 136 cm³/mol. The van der Waals surface area contributed by atoms with Gasteiger partial charge in [0, 0.05) is 5.92 Å². The SMILES string of the molecule is CC1=C([C@H](O)CC/C(C)=C/c2ccc(O)cc2Cl)[C@H](CO)[C@@H]2C(=O)N(c3ccccc3)C(=O)[C@@H]2C1. The molecule has 1 saturated heterocycles. The summed E-state index contributed by atoms with van der Waals surface area (Å²) < 4.78 is 0. The van der Waals surface area contributed by atoms with Crippen LogP contribution in [0.4, 0.5) is 5.69 Å². The van der Waals surface area contributed by atoms with Crippen molar-refractivity contribution in [3.05, 3.63) is 75.8 Å². The molecule has 6 nitrogen and oxygen atoms in total. The van der Waals surface area contributed by atoms with E-state index in [-0.39, 0.29) is 24.2 Å². The topological polar surface area (TPSA) is 98.1 Å². The Balaban J connectivity index is 1.52. The highest BCUT2D eigenvalue weighted by atomic mass is 35.5. The van der Waals surface area contributed by atoms with Crippen molar-refractivity contribution in [2.75, 3.05) is 11.5 Å². The third kappa shape index (κ3) is 4.92. The third-order valence-electron chi connectivity index (χ3n) is 7.10. The molecule has 2 aliphatic rings. The lowest BCUT2D eigenvalue weighted by Crippen LogP contribution is -2.38. The summed E-state index contributed by atoms with van der Waals surface area (Å²) in [6.07, 6.45) is 2.43. The quantitative estimate of drug-likeness (QED) is 0.381. The molecule has 0 radical (unpaired) electrons. The van der Waals surface area contributed by atoms with Gasteiger partial charge in [0.1, 0.15) is 5.75 Å². The lowest BCUT2D eigenvalue weighted by atomic mass is 9.68. The van der Waals surface area contributed by atoms with Crippen molar-refractivity contribution in [2.24, 2.45) is 17.8 Å². The number of carbonyl (C=O) groups excluding carboxylic acids is 2. The number of fused-ring (bicyclic) bond motifs is 1. The summed E-state index contributed by atoms with van der Waals surface area (Å²) in [4.78, 5) is 27.8. The highest BCUT2D eigenvalue weighted by Crippen LogP contribution is 2.47. The van der Waals surface area contributed by atoms with E-state index in [2.05, 4.69) is 0 Å². The molecular weight excluding hydrogens is 466 g/mol. The number of hydrogen-bond acceptors (Lipinski definition) is 5. The second kappa shape index (κ2) is 10.4. The van der Waals surface area contributed by atoms with Crippen molar-refractivity contribution in [3.8, 4) is 5.75 Å². The number of nitrogens with zero attached hydrogens (tertiary/aromatic N) is 1. The first kappa shape index (κ1) is 25.2. The van der Waals surface area contributed by atoms with Crippen LogP contribution in [0, 0.1) is 17.8 Å². The highest BCUT2D eigenvalue weighted by Gasteiger charge is 2.54. The first-order valence-corrected chi connectivity index (χ1v) is 12.2. The molecule has 0 aromatic heterocycles. The number of aromatic hydroxyl groups is 1. The number of benzene rings is 2. The molecule has 1 aliphatic carbocycles. The van der Waals surface area contributed by atoms with E-state index in [0.29, 0.717) is 35.5 Å². The zero-order chi connectivity index (χ0) is 25.3. The second-order valence-corrected chi connectivity index (χ2v) is 9.87. The lowest BCUT2D eigenvalue weighted by Gasteiger charge is -2.35. The predicted octanol–water partition coefficient (Wildman–Crippen LogP) is 4.72. The van der Waals surface area contributed by atoms with Crippen molar-refractivity contribution >= 4 is 35.2 Å². The van der Waals surface area contributed by atoms with Crippen molar-refractivity contribution < 1.29 is 24.9 Å². The van der Waals surface area contributed by atoms with Gasteiger partial charge >= 0.3 is 0 Å². The molecule has 0 saturated carbocycles. The fourth-order valence-corrected chi connectivity index (χ4v) is 5.67. The maximum atomic E-state index is 13.4. The Hall–Kier alpha value is -2.93. The molecule has 1 fully saturated rings. The average molecular weight is 496 g/mol. The standard InChI is InChI=1S/C28H30ClNO5/c1-16(12-18-9-10-20(32)14-23(18)29)8-11-24(33)25-17(2)13-21-26(22(25)15-31)28(35)30(27(21)34)19-6-4-3-5-7-19/h3-7,9-10,12,14,21-22,24,26,31-33H,8,11,13,15H2,1-2H3/b16-12+/t21-,22+,24-,26-/m1/s1. The van der Waals surface area contributed by atoms with Crippen molar-refractivity contribution in [3.63, 3.8) is 0 Å². The Bertz CT molecular complexity index is 1190. The van der Waals surface area contributed by atoms with E-state index in [1.165, 1.54) is 11.0 Å². The van der Waals surface area contributed by atoms with Gasteiger partial charge in [-0.1, -0.05) is 47.0 Å². The van der Waals surface area contributed by atoms with Crippen LogP contribution in [0.1, 0.15) is 38.7 Å². The molecule has 7 heteroatoms. The number of phenolic OH excluding ortho intramolecular Hbond substituents is 1. The zero-order valence-electron chi connectivity index (χ0n) is 19.8. The van der Waals surface area contributed by atoms with Gasteiger partial charge in [-0.15, -0.1) is 0 Å². The number of anilines is 1. The summed E-state index contributed by atoms with van der Waals surface area (Å²) >= 11 is 6.20. The average Bonchev–Trinajstić information content (AvgIpc) is 3.08. The molecule has 3 N–H and O–H groups in total. The van der Waals surface area contributed by atoms with Crippen molar-refractivity contribution in [1.29, 1.82) is 0 Å². The number of amides is 2. The molecule has 4 rings (SSSR count). The minimum atomic E-state index is -0.847. The van der Waals surface area contributed by atoms with Crippen molar-refractivity contribution in [1.82, 2.24) is 0 Å². The number of aliphatic hydroxyl groups is 2. The summed E-state index contributed by atoms with van der Waals surface area (Å²) in [6, 6.07) is 13.6. The Morgan fingerprint density at radius 2 is 1.89 bits per heavy atom. The number of halogens is 1. The molecule has 1 heterocycles. The molecule has 184 valence electrons. The van der Waals surface area contributed by atoms with Gasteiger partial charge in [-0.05, 0) is 74.6 Å². The summed E-state index contributed by atoms with van der Waals surface area (Å²) in [5, 5.41) is 31.4. The van der Waals surface area contributed by atoms with E-state index in [0.717, 1.165) is 16.7 Å². The molecule has 4 atom stereocenters. The van der Waals surface area contributed by atoms with Crippen LogP contribution in [0.3, 0.4) is 0 Å². The Labute approximate surface area is 210 Å². The molecule has 35 heavy (non-hydrogen) atoms. The summed E-state index contributed by atoms with van der Waals surface area (Å²) in [6.45, 7) is 3.50.